The molecule has 18 heavy (non-hydrogen) atoms. The van der Waals surface area contributed by atoms with Crippen molar-refractivity contribution in [1.82, 2.24) is 15.7 Å². The molecule has 2 rings (SSSR count). The van der Waals surface area contributed by atoms with E-state index in [1.54, 1.807) is 0 Å². The number of aromatic nitrogens is 1. The standard InChI is InChI=1S/C12H21N5O/c1-8-9(2)18-11(15-8)7-14-12(17-13)16-10-5-3-4-6-10/h10H,3-7,13H2,1-2H3,(H2,14,16,17). The molecule has 0 unspecified atom stereocenters. The average molecular weight is 251 g/mol. The monoisotopic (exact) mass is 251 g/mol. The number of hydrazine groups is 1. The van der Waals surface area contributed by atoms with E-state index in [0.29, 0.717) is 24.4 Å². The van der Waals surface area contributed by atoms with Gasteiger partial charge in [0.2, 0.25) is 11.9 Å². The maximum Gasteiger partial charge on any atom is 0.216 e. The number of oxazole rings is 1. The molecular weight excluding hydrogens is 230 g/mol. The highest BCUT2D eigenvalue weighted by Gasteiger charge is 2.15. The fourth-order valence-corrected chi connectivity index (χ4v) is 2.15. The Balaban J connectivity index is 1.92. The second kappa shape index (κ2) is 5.86. The van der Waals surface area contributed by atoms with E-state index in [1.807, 2.05) is 13.8 Å². The third-order valence-corrected chi connectivity index (χ3v) is 3.28. The molecule has 1 aromatic rings. The van der Waals surface area contributed by atoms with Crippen molar-refractivity contribution < 1.29 is 4.42 Å². The van der Waals surface area contributed by atoms with E-state index < -0.39 is 0 Å². The van der Waals surface area contributed by atoms with Gasteiger partial charge in [-0.05, 0) is 26.7 Å². The molecule has 4 N–H and O–H groups in total. The van der Waals surface area contributed by atoms with Crippen LogP contribution in [0.15, 0.2) is 9.41 Å². The molecule has 100 valence electrons. The molecule has 1 aromatic heterocycles. The Kier molecular flexibility index (Phi) is 4.19. The van der Waals surface area contributed by atoms with Crippen molar-refractivity contribution in [3.05, 3.63) is 17.3 Å². The fourth-order valence-electron chi connectivity index (χ4n) is 2.15. The Morgan fingerprint density at radius 1 is 1.44 bits per heavy atom. The predicted molar refractivity (Wildman–Crippen MR) is 69.8 cm³/mol. The first kappa shape index (κ1) is 12.9. The second-order valence-electron chi connectivity index (χ2n) is 4.68. The van der Waals surface area contributed by atoms with Gasteiger partial charge >= 0.3 is 0 Å². The zero-order valence-electron chi connectivity index (χ0n) is 11.0. The van der Waals surface area contributed by atoms with Crippen LogP contribution in [0, 0.1) is 13.8 Å². The number of aliphatic imine (C=N–C) groups is 1. The van der Waals surface area contributed by atoms with Crippen molar-refractivity contribution in [2.45, 2.75) is 52.1 Å². The third kappa shape index (κ3) is 3.22. The SMILES string of the molecule is Cc1nc(CN=C(NN)NC2CCCC2)oc1C. The molecule has 1 saturated carbocycles. The average Bonchev–Trinajstić information content (AvgIpc) is 2.96. The van der Waals surface area contributed by atoms with E-state index in [0.717, 1.165) is 11.5 Å². The first-order chi connectivity index (χ1) is 8.69. The van der Waals surface area contributed by atoms with E-state index in [2.05, 4.69) is 20.7 Å². The summed E-state index contributed by atoms with van der Waals surface area (Å²) in [5, 5.41) is 3.30. The van der Waals surface area contributed by atoms with Crippen LogP contribution in [-0.4, -0.2) is 17.0 Å². The van der Waals surface area contributed by atoms with Crippen LogP contribution < -0.4 is 16.6 Å². The molecule has 0 saturated heterocycles. The van der Waals surface area contributed by atoms with Crippen molar-refractivity contribution in [1.29, 1.82) is 0 Å². The van der Waals surface area contributed by atoms with E-state index in [4.69, 9.17) is 10.3 Å². The number of guanidine groups is 1. The number of aryl methyl sites for hydroxylation is 2. The molecular formula is C12H21N5O. The minimum atomic E-state index is 0.397. The van der Waals surface area contributed by atoms with Crippen LogP contribution in [0.2, 0.25) is 0 Å². The number of nitrogens with zero attached hydrogens (tertiary/aromatic N) is 2. The van der Waals surface area contributed by atoms with Crippen LogP contribution in [0.5, 0.6) is 0 Å². The smallest absolute Gasteiger partial charge is 0.216 e. The highest BCUT2D eigenvalue weighted by Crippen LogP contribution is 2.17. The summed E-state index contributed by atoms with van der Waals surface area (Å²) in [7, 11) is 0. The van der Waals surface area contributed by atoms with Gasteiger partial charge in [-0.1, -0.05) is 12.8 Å². The van der Waals surface area contributed by atoms with Gasteiger partial charge in [-0.2, -0.15) is 0 Å². The minimum absolute atomic E-state index is 0.397. The topological polar surface area (TPSA) is 88.5 Å². The molecule has 0 amide bonds. The summed E-state index contributed by atoms with van der Waals surface area (Å²) in [4.78, 5) is 8.62. The lowest BCUT2D eigenvalue weighted by molar-refractivity contribution is 0.472. The number of hydrogen-bond acceptors (Lipinski definition) is 4. The quantitative estimate of drug-likeness (QED) is 0.324. The van der Waals surface area contributed by atoms with E-state index >= 15 is 0 Å². The van der Waals surface area contributed by atoms with Gasteiger partial charge in [0.1, 0.15) is 12.3 Å². The Labute approximate surface area is 107 Å². The summed E-state index contributed by atoms with van der Waals surface area (Å²) >= 11 is 0. The lowest BCUT2D eigenvalue weighted by Crippen LogP contribution is -2.45. The number of nitrogens with one attached hydrogen (secondary N) is 2. The zero-order chi connectivity index (χ0) is 13.0. The Morgan fingerprint density at radius 2 is 2.17 bits per heavy atom. The normalized spacial score (nSPS) is 17.2. The van der Waals surface area contributed by atoms with E-state index in [9.17, 15) is 0 Å². The predicted octanol–water partition coefficient (Wildman–Crippen LogP) is 1.14. The second-order valence-corrected chi connectivity index (χ2v) is 4.68. The summed E-state index contributed by atoms with van der Waals surface area (Å²) in [6.45, 7) is 4.22. The van der Waals surface area contributed by atoms with Crippen LogP contribution in [0.25, 0.3) is 0 Å². The molecule has 1 fully saturated rings. The lowest BCUT2D eigenvalue weighted by atomic mass is 10.2. The van der Waals surface area contributed by atoms with Crippen molar-refractivity contribution in [3.63, 3.8) is 0 Å². The van der Waals surface area contributed by atoms with Gasteiger partial charge in [0.05, 0.1) is 5.69 Å². The summed E-state index contributed by atoms with van der Waals surface area (Å²) < 4.78 is 5.46. The Hall–Kier alpha value is -1.56. The Bertz CT molecular complexity index is 401. The number of rotatable bonds is 3. The highest BCUT2D eigenvalue weighted by atomic mass is 16.4. The van der Waals surface area contributed by atoms with Gasteiger partial charge in [-0.3, -0.25) is 5.43 Å². The van der Waals surface area contributed by atoms with Gasteiger partial charge in [-0.25, -0.2) is 15.8 Å². The molecule has 1 aliphatic carbocycles. The largest absolute Gasteiger partial charge is 0.444 e. The number of nitrogens with two attached hydrogens (primary N) is 1. The third-order valence-electron chi connectivity index (χ3n) is 3.28. The van der Waals surface area contributed by atoms with Gasteiger partial charge < -0.3 is 9.73 Å². The molecule has 1 heterocycles. The van der Waals surface area contributed by atoms with Crippen LogP contribution in [0.4, 0.5) is 0 Å². The van der Waals surface area contributed by atoms with Crippen LogP contribution in [0.1, 0.15) is 43.0 Å². The van der Waals surface area contributed by atoms with E-state index in [-0.39, 0.29) is 0 Å². The molecule has 0 bridgehead atoms. The maximum absolute atomic E-state index is 5.46. The molecule has 0 atom stereocenters. The number of hydrogen-bond donors (Lipinski definition) is 3. The molecule has 0 aromatic carbocycles. The molecule has 6 nitrogen and oxygen atoms in total. The fraction of sp³-hybridized carbons (Fsp3) is 0.667. The summed E-state index contributed by atoms with van der Waals surface area (Å²) in [6, 6.07) is 0.479. The van der Waals surface area contributed by atoms with Crippen molar-refractivity contribution >= 4 is 5.96 Å². The minimum Gasteiger partial charge on any atom is -0.444 e. The molecule has 1 aliphatic rings. The highest BCUT2D eigenvalue weighted by molar-refractivity contribution is 5.79. The molecule has 0 aliphatic heterocycles. The van der Waals surface area contributed by atoms with Gasteiger partial charge in [0, 0.05) is 6.04 Å². The first-order valence-corrected chi connectivity index (χ1v) is 6.39. The molecule has 6 heteroatoms. The van der Waals surface area contributed by atoms with Crippen molar-refractivity contribution in [3.8, 4) is 0 Å². The van der Waals surface area contributed by atoms with Gasteiger partial charge in [0.25, 0.3) is 0 Å². The van der Waals surface area contributed by atoms with Gasteiger partial charge in [0.15, 0.2) is 0 Å². The maximum atomic E-state index is 5.46. The zero-order valence-corrected chi connectivity index (χ0v) is 11.0. The van der Waals surface area contributed by atoms with Crippen LogP contribution in [-0.2, 0) is 6.54 Å². The summed E-state index contributed by atoms with van der Waals surface area (Å²) in [5.41, 5.74) is 3.50. The first-order valence-electron chi connectivity index (χ1n) is 6.39. The van der Waals surface area contributed by atoms with Gasteiger partial charge in [-0.15, -0.1) is 0 Å². The van der Waals surface area contributed by atoms with Crippen LogP contribution >= 0.6 is 0 Å². The summed E-state index contributed by atoms with van der Waals surface area (Å²) in [5.74, 6) is 7.52. The van der Waals surface area contributed by atoms with Crippen molar-refractivity contribution in [2.24, 2.45) is 10.8 Å². The van der Waals surface area contributed by atoms with Crippen molar-refractivity contribution in [2.75, 3.05) is 0 Å². The summed E-state index contributed by atoms with van der Waals surface area (Å²) in [6.07, 6.45) is 4.90. The lowest BCUT2D eigenvalue weighted by Gasteiger charge is -2.14. The Morgan fingerprint density at radius 3 is 2.72 bits per heavy atom. The molecule has 0 radical (unpaired) electrons. The van der Waals surface area contributed by atoms with E-state index in [1.165, 1.54) is 25.7 Å². The molecule has 0 spiro atoms. The van der Waals surface area contributed by atoms with Crippen LogP contribution in [0.3, 0.4) is 0 Å².